The third-order valence-electron chi connectivity index (χ3n) is 4.06. The summed E-state index contributed by atoms with van der Waals surface area (Å²) in [6.07, 6.45) is 1.03. The molecule has 2 aromatic carbocycles. The number of nitrogens with one attached hydrogen (secondary N) is 1. The molecule has 1 nitrogen and oxygen atoms in total. The molecule has 0 bridgehead atoms. The molecule has 0 radical (unpaired) electrons. The minimum atomic E-state index is 0.364. The van der Waals surface area contributed by atoms with E-state index < -0.39 is 0 Å². The molecule has 0 aliphatic rings. The number of rotatable bonds is 5. The summed E-state index contributed by atoms with van der Waals surface area (Å²) in [6.45, 7) is 9.69. The average molecular weight is 346 g/mol. The van der Waals surface area contributed by atoms with E-state index in [4.69, 9.17) is 0 Å². The zero-order chi connectivity index (χ0) is 15.4. The van der Waals surface area contributed by atoms with Crippen LogP contribution in [-0.2, 0) is 6.42 Å². The molecule has 0 aromatic heterocycles. The van der Waals surface area contributed by atoms with Crippen LogP contribution in [0.5, 0.6) is 0 Å². The number of likely N-dealkylation sites (N-methyl/N-ethyl adjacent to an activating group) is 1. The lowest BCUT2D eigenvalue weighted by molar-refractivity contribution is 0.546. The maximum atomic E-state index is 3.65. The van der Waals surface area contributed by atoms with E-state index in [-0.39, 0.29) is 0 Å². The van der Waals surface area contributed by atoms with Gasteiger partial charge in [0.15, 0.2) is 0 Å². The molecule has 0 heterocycles. The quantitative estimate of drug-likeness (QED) is 0.778. The van der Waals surface area contributed by atoms with Gasteiger partial charge in [-0.25, -0.2) is 0 Å². The van der Waals surface area contributed by atoms with Crippen LogP contribution in [0.3, 0.4) is 0 Å². The maximum Gasteiger partial charge on any atom is 0.0363 e. The Kier molecular flexibility index (Phi) is 5.60. The Morgan fingerprint density at radius 1 is 1.00 bits per heavy atom. The topological polar surface area (TPSA) is 12.0 Å². The molecule has 0 aliphatic carbocycles. The summed E-state index contributed by atoms with van der Waals surface area (Å²) in [5, 5.41) is 3.65. The van der Waals surface area contributed by atoms with Crippen LogP contribution in [0.4, 0.5) is 0 Å². The van der Waals surface area contributed by atoms with E-state index in [1.807, 2.05) is 0 Å². The average Bonchev–Trinajstić information content (AvgIpc) is 2.45. The highest BCUT2D eigenvalue weighted by molar-refractivity contribution is 9.10. The van der Waals surface area contributed by atoms with Gasteiger partial charge in [-0.15, -0.1) is 0 Å². The Labute approximate surface area is 136 Å². The molecule has 1 unspecified atom stereocenters. The van der Waals surface area contributed by atoms with Gasteiger partial charge in [0.05, 0.1) is 0 Å². The number of halogens is 1. The van der Waals surface area contributed by atoms with Gasteiger partial charge in [-0.05, 0) is 67.6 Å². The van der Waals surface area contributed by atoms with Crippen molar-refractivity contribution < 1.29 is 0 Å². The second-order valence-electron chi connectivity index (χ2n) is 5.70. The molecule has 0 spiro atoms. The molecule has 1 atom stereocenters. The molecule has 1 N–H and O–H groups in total. The largest absolute Gasteiger partial charge is 0.310 e. The first-order chi connectivity index (χ1) is 10.0. The first-order valence-electron chi connectivity index (χ1n) is 7.57. The summed E-state index contributed by atoms with van der Waals surface area (Å²) in [6, 6.07) is 13.6. The van der Waals surface area contributed by atoms with E-state index in [2.05, 4.69) is 85.3 Å². The molecule has 0 amide bonds. The number of aryl methyl sites for hydroxylation is 3. The lowest BCUT2D eigenvalue weighted by Crippen LogP contribution is -2.24. The number of hydrogen-bond acceptors (Lipinski definition) is 1. The van der Waals surface area contributed by atoms with Gasteiger partial charge in [0, 0.05) is 10.5 Å². The van der Waals surface area contributed by atoms with Crippen molar-refractivity contribution in [3.63, 3.8) is 0 Å². The Hall–Kier alpha value is -1.12. The van der Waals surface area contributed by atoms with Gasteiger partial charge in [0.1, 0.15) is 0 Å². The monoisotopic (exact) mass is 345 g/mol. The van der Waals surface area contributed by atoms with Gasteiger partial charge < -0.3 is 5.32 Å². The number of hydrogen-bond donors (Lipinski definition) is 1. The summed E-state index contributed by atoms with van der Waals surface area (Å²) in [7, 11) is 0. The minimum absolute atomic E-state index is 0.364. The Bertz CT molecular complexity index is 619. The predicted molar refractivity (Wildman–Crippen MR) is 94.9 cm³/mol. The predicted octanol–water partition coefficient (Wildman–Crippen LogP) is 5.27. The van der Waals surface area contributed by atoms with Crippen LogP contribution in [0.15, 0.2) is 40.9 Å². The van der Waals surface area contributed by atoms with Crippen LogP contribution < -0.4 is 5.32 Å². The van der Waals surface area contributed by atoms with E-state index in [1.165, 1.54) is 32.3 Å². The van der Waals surface area contributed by atoms with Gasteiger partial charge >= 0.3 is 0 Å². The third-order valence-corrected chi connectivity index (χ3v) is 4.91. The van der Waals surface area contributed by atoms with E-state index in [9.17, 15) is 0 Å². The molecule has 2 rings (SSSR count). The molecule has 21 heavy (non-hydrogen) atoms. The fourth-order valence-electron chi connectivity index (χ4n) is 2.78. The molecular weight excluding hydrogens is 322 g/mol. The lowest BCUT2D eigenvalue weighted by Gasteiger charge is -2.22. The first-order valence-corrected chi connectivity index (χ1v) is 8.36. The van der Waals surface area contributed by atoms with Crippen LogP contribution >= 0.6 is 15.9 Å². The highest BCUT2D eigenvalue weighted by Crippen LogP contribution is 2.28. The summed E-state index contributed by atoms with van der Waals surface area (Å²) in [5.41, 5.74) is 6.83. The smallest absolute Gasteiger partial charge is 0.0363 e. The van der Waals surface area contributed by atoms with Crippen LogP contribution in [0.2, 0.25) is 0 Å². The summed E-state index contributed by atoms with van der Waals surface area (Å²) < 4.78 is 1.19. The van der Waals surface area contributed by atoms with Crippen LogP contribution in [0.1, 0.15) is 40.8 Å². The summed E-state index contributed by atoms with van der Waals surface area (Å²) >= 11 is 3.63. The van der Waals surface area contributed by atoms with Crippen LogP contribution in [0, 0.1) is 20.8 Å². The SMILES string of the molecule is CCNC(Cc1ccccc1C)c1cc(C)c(Br)cc1C. The van der Waals surface area contributed by atoms with Crippen molar-refractivity contribution in [2.45, 2.75) is 40.2 Å². The van der Waals surface area contributed by atoms with Crippen molar-refractivity contribution in [1.82, 2.24) is 5.32 Å². The molecule has 2 aromatic rings. The third kappa shape index (κ3) is 3.96. The Morgan fingerprint density at radius 2 is 1.71 bits per heavy atom. The van der Waals surface area contributed by atoms with Crippen molar-refractivity contribution in [2.75, 3.05) is 6.54 Å². The lowest BCUT2D eigenvalue weighted by atomic mass is 9.92. The van der Waals surface area contributed by atoms with E-state index in [1.54, 1.807) is 0 Å². The van der Waals surface area contributed by atoms with Crippen molar-refractivity contribution in [2.24, 2.45) is 0 Å². The van der Waals surface area contributed by atoms with Gasteiger partial charge in [-0.1, -0.05) is 53.2 Å². The zero-order valence-corrected chi connectivity index (χ0v) is 14.9. The van der Waals surface area contributed by atoms with E-state index in [0.717, 1.165) is 13.0 Å². The fourth-order valence-corrected chi connectivity index (χ4v) is 3.23. The Morgan fingerprint density at radius 3 is 2.38 bits per heavy atom. The Balaban J connectivity index is 2.35. The summed E-state index contributed by atoms with van der Waals surface area (Å²) in [4.78, 5) is 0. The van der Waals surface area contributed by atoms with Crippen molar-refractivity contribution in [1.29, 1.82) is 0 Å². The van der Waals surface area contributed by atoms with E-state index >= 15 is 0 Å². The molecule has 0 fully saturated rings. The highest BCUT2D eigenvalue weighted by atomic mass is 79.9. The van der Waals surface area contributed by atoms with Crippen LogP contribution in [-0.4, -0.2) is 6.54 Å². The fraction of sp³-hybridized carbons (Fsp3) is 0.368. The van der Waals surface area contributed by atoms with Crippen molar-refractivity contribution in [3.8, 4) is 0 Å². The molecule has 0 aliphatic heterocycles. The van der Waals surface area contributed by atoms with Crippen molar-refractivity contribution in [3.05, 3.63) is 68.7 Å². The molecule has 2 heteroatoms. The van der Waals surface area contributed by atoms with E-state index in [0.29, 0.717) is 6.04 Å². The second-order valence-corrected chi connectivity index (χ2v) is 6.55. The maximum absolute atomic E-state index is 3.65. The number of benzene rings is 2. The molecule has 0 saturated carbocycles. The highest BCUT2D eigenvalue weighted by Gasteiger charge is 2.15. The van der Waals surface area contributed by atoms with Gasteiger partial charge in [0.2, 0.25) is 0 Å². The van der Waals surface area contributed by atoms with Crippen molar-refractivity contribution >= 4 is 15.9 Å². The normalized spacial score (nSPS) is 12.4. The van der Waals surface area contributed by atoms with Gasteiger partial charge in [0.25, 0.3) is 0 Å². The minimum Gasteiger partial charge on any atom is -0.310 e. The zero-order valence-electron chi connectivity index (χ0n) is 13.3. The second kappa shape index (κ2) is 7.24. The molecular formula is C19H24BrN. The molecule has 112 valence electrons. The van der Waals surface area contributed by atoms with Gasteiger partial charge in [-0.2, -0.15) is 0 Å². The first kappa shape index (κ1) is 16.3. The van der Waals surface area contributed by atoms with Gasteiger partial charge in [-0.3, -0.25) is 0 Å². The molecule has 0 saturated heterocycles. The summed E-state index contributed by atoms with van der Waals surface area (Å²) in [5.74, 6) is 0. The van der Waals surface area contributed by atoms with Crippen LogP contribution in [0.25, 0.3) is 0 Å². The standard InChI is InChI=1S/C19H24BrN/c1-5-21-19(12-16-9-7-6-8-13(16)2)17-10-15(4)18(20)11-14(17)3/h6-11,19,21H,5,12H2,1-4H3.